The molecule has 0 saturated heterocycles. The predicted octanol–water partition coefficient (Wildman–Crippen LogP) is 5.27. The van der Waals surface area contributed by atoms with Crippen molar-refractivity contribution < 1.29 is 4.39 Å². The highest BCUT2D eigenvalue weighted by atomic mass is 35.5. The maximum absolute atomic E-state index is 13.4. The third-order valence-corrected chi connectivity index (χ3v) is 3.88. The Hall–Kier alpha value is -1.09. The summed E-state index contributed by atoms with van der Waals surface area (Å²) in [6.45, 7) is 3.09. The molecule has 1 heterocycles. The lowest BCUT2D eigenvalue weighted by atomic mass is 10.1. The Bertz CT molecular complexity index is 551. The first-order valence-corrected chi connectivity index (χ1v) is 8.00. The van der Waals surface area contributed by atoms with Crippen LogP contribution in [-0.4, -0.2) is 9.55 Å². The van der Waals surface area contributed by atoms with Gasteiger partial charge in [-0.1, -0.05) is 39.0 Å². The molecule has 1 aromatic heterocycles. The summed E-state index contributed by atoms with van der Waals surface area (Å²) in [7, 11) is 0. The van der Waals surface area contributed by atoms with Gasteiger partial charge in [-0.25, -0.2) is 9.37 Å². The van der Waals surface area contributed by atoms with Crippen LogP contribution >= 0.6 is 11.6 Å². The summed E-state index contributed by atoms with van der Waals surface area (Å²) >= 11 is 5.95. The second-order valence-corrected chi connectivity index (χ2v) is 5.48. The van der Waals surface area contributed by atoms with Crippen molar-refractivity contribution in [2.24, 2.45) is 0 Å². The molecular weight excluding hydrogens is 275 g/mol. The molecule has 0 N–H and O–H groups in total. The fraction of sp³-hybridized carbons (Fsp3) is 0.562. The number of hydrogen-bond acceptors (Lipinski definition) is 1. The van der Waals surface area contributed by atoms with E-state index in [1.807, 2.05) is 0 Å². The van der Waals surface area contributed by atoms with Crippen molar-refractivity contribution in [1.29, 1.82) is 0 Å². The van der Waals surface area contributed by atoms with Gasteiger partial charge in [-0.05, 0) is 24.6 Å². The van der Waals surface area contributed by atoms with Crippen molar-refractivity contribution in [2.75, 3.05) is 0 Å². The predicted molar refractivity (Wildman–Crippen MR) is 82.6 cm³/mol. The van der Waals surface area contributed by atoms with Crippen molar-refractivity contribution in [3.05, 3.63) is 29.8 Å². The van der Waals surface area contributed by atoms with E-state index in [0.717, 1.165) is 29.8 Å². The number of alkyl halides is 1. The molecule has 20 heavy (non-hydrogen) atoms. The molecule has 0 fully saturated rings. The summed E-state index contributed by atoms with van der Waals surface area (Å²) in [5, 5.41) is 0. The summed E-state index contributed by atoms with van der Waals surface area (Å²) in [4.78, 5) is 4.46. The van der Waals surface area contributed by atoms with Crippen molar-refractivity contribution in [3.8, 4) is 0 Å². The maximum atomic E-state index is 13.4. The molecule has 2 rings (SSSR count). The number of halogens is 2. The molecule has 0 aliphatic carbocycles. The smallest absolute Gasteiger partial charge is 0.125 e. The molecule has 2 nitrogen and oxygen atoms in total. The van der Waals surface area contributed by atoms with Gasteiger partial charge < -0.3 is 4.57 Å². The van der Waals surface area contributed by atoms with Gasteiger partial charge in [-0.2, -0.15) is 0 Å². The Labute approximate surface area is 125 Å². The zero-order valence-electron chi connectivity index (χ0n) is 12.0. The largest absolute Gasteiger partial charge is 0.327 e. The monoisotopic (exact) mass is 296 g/mol. The molecule has 0 atom stereocenters. The van der Waals surface area contributed by atoms with Gasteiger partial charge in [0.1, 0.15) is 11.6 Å². The standard InChI is InChI=1S/C16H22ClFN2/c1-2-3-4-5-6-7-10-20-15-11-13(18)8-9-14(15)19-16(20)12-17/h8-9,11H,2-7,10,12H2,1H3. The van der Waals surface area contributed by atoms with Gasteiger partial charge in [-0.15, -0.1) is 11.6 Å². The quantitative estimate of drug-likeness (QED) is 0.479. The molecule has 4 heteroatoms. The zero-order valence-corrected chi connectivity index (χ0v) is 12.8. The van der Waals surface area contributed by atoms with Crippen molar-refractivity contribution >= 4 is 22.6 Å². The van der Waals surface area contributed by atoms with Crippen LogP contribution in [0.5, 0.6) is 0 Å². The fourth-order valence-electron chi connectivity index (χ4n) is 2.55. The third-order valence-electron chi connectivity index (χ3n) is 3.64. The highest BCUT2D eigenvalue weighted by Crippen LogP contribution is 2.20. The minimum atomic E-state index is -0.220. The van der Waals surface area contributed by atoms with E-state index in [1.54, 1.807) is 12.1 Å². The van der Waals surface area contributed by atoms with E-state index in [4.69, 9.17) is 11.6 Å². The summed E-state index contributed by atoms with van der Waals surface area (Å²) in [6, 6.07) is 4.72. The molecule has 0 amide bonds. The molecule has 0 bridgehead atoms. The molecule has 1 aromatic carbocycles. The second kappa shape index (κ2) is 7.63. The van der Waals surface area contributed by atoms with Gasteiger partial charge in [0.15, 0.2) is 0 Å². The number of aryl methyl sites for hydroxylation is 1. The van der Waals surface area contributed by atoms with Crippen LogP contribution in [0.15, 0.2) is 18.2 Å². The second-order valence-electron chi connectivity index (χ2n) is 5.21. The molecule has 0 saturated carbocycles. The average Bonchev–Trinajstić information content (AvgIpc) is 2.80. The SMILES string of the molecule is CCCCCCCCn1c(CCl)nc2ccc(F)cc21. The molecule has 110 valence electrons. The lowest BCUT2D eigenvalue weighted by molar-refractivity contribution is 0.556. The molecule has 0 unspecified atom stereocenters. The number of nitrogens with zero attached hydrogens (tertiary/aromatic N) is 2. The first-order chi connectivity index (χ1) is 9.76. The van der Waals surface area contributed by atoms with Crippen LogP contribution < -0.4 is 0 Å². The zero-order chi connectivity index (χ0) is 14.4. The summed E-state index contributed by atoms with van der Waals surface area (Å²) in [6.07, 6.45) is 7.45. The van der Waals surface area contributed by atoms with Gasteiger partial charge in [0.05, 0.1) is 16.9 Å². The van der Waals surface area contributed by atoms with Gasteiger partial charge in [-0.3, -0.25) is 0 Å². The summed E-state index contributed by atoms with van der Waals surface area (Å²) in [5.41, 5.74) is 1.68. The van der Waals surface area contributed by atoms with Crippen LogP contribution in [0.2, 0.25) is 0 Å². The van der Waals surface area contributed by atoms with E-state index < -0.39 is 0 Å². The van der Waals surface area contributed by atoms with E-state index in [2.05, 4.69) is 16.5 Å². The first kappa shape index (κ1) is 15.3. The van der Waals surface area contributed by atoms with E-state index in [0.29, 0.717) is 5.88 Å². The molecule has 0 aliphatic rings. The highest BCUT2D eigenvalue weighted by molar-refractivity contribution is 6.16. The number of hydrogen-bond donors (Lipinski definition) is 0. The summed E-state index contributed by atoms with van der Waals surface area (Å²) in [5.74, 6) is 0.982. The topological polar surface area (TPSA) is 17.8 Å². The van der Waals surface area contributed by atoms with Crippen LogP contribution in [0.4, 0.5) is 4.39 Å². The molecule has 0 spiro atoms. The normalized spacial score (nSPS) is 11.3. The number of rotatable bonds is 8. The number of aromatic nitrogens is 2. The van der Waals surface area contributed by atoms with Crippen LogP contribution in [0.1, 0.15) is 51.3 Å². The lowest BCUT2D eigenvalue weighted by Gasteiger charge is -2.07. The molecular formula is C16H22ClFN2. The van der Waals surface area contributed by atoms with Crippen LogP contribution in [0.25, 0.3) is 11.0 Å². The highest BCUT2D eigenvalue weighted by Gasteiger charge is 2.10. The van der Waals surface area contributed by atoms with Crippen LogP contribution in [0, 0.1) is 5.82 Å². The number of benzene rings is 1. The van der Waals surface area contributed by atoms with Crippen LogP contribution in [-0.2, 0) is 12.4 Å². The minimum Gasteiger partial charge on any atom is -0.327 e. The number of fused-ring (bicyclic) bond motifs is 1. The first-order valence-electron chi connectivity index (χ1n) is 7.47. The molecule has 0 aliphatic heterocycles. The third kappa shape index (κ3) is 3.72. The van der Waals surface area contributed by atoms with Gasteiger partial charge in [0, 0.05) is 6.54 Å². The van der Waals surface area contributed by atoms with E-state index in [9.17, 15) is 4.39 Å². The van der Waals surface area contributed by atoms with Gasteiger partial charge in [0.2, 0.25) is 0 Å². The van der Waals surface area contributed by atoms with Gasteiger partial charge in [0.25, 0.3) is 0 Å². The van der Waals surface area contributed by atoms with E-state index in [1.165, 1.54) is 38.2 Å². The minimum absolute atomic E-state index is 0.220. The maximum Gasteiger partial charge on any atom is 0.125 e. The number of unbranched alkanes of at least 4 members (excludes halogenated alkanes) is 5. The van der Waals surface area contributed by atoms with Crippen LogP contribution in [0.3, 0.4) is 0 Å². The summed E-state index contributed by atoms with van der Waals surface area (Å²) < 4.78 is 15.4. The van der Waals surface area contributed by atoms with Crippen molar-refractivity contribution in [3.63, 3.8) is 0 Å². The Balaban J connectivity index is 2.02. The van der Waals surface area contributed by atoms with Gasteiger partial charge >= 0.3 is 0 Å². The van der Waals surface area contributed by atoms with Crippen molar-refractivity contribution in [1.82, 2.24) is 9.55 Å². The fourth-order valence-corrected chi connectivity index (χ4v) is 2.75. The number of imidazole rings is 1. The molecule has 0 radical (unpaired) electrons. The molecule has 2 aromatic rings. The average molecular weight is 297 g/mol. The van der Waals surface area contributed by atoms with Crippen molar-refractivity contribution in [2.45, 2.75) is 57.9 Å². The van der Waals surface area contributed by atoms with E-state index in [-0.39, 0.29) is 5.82 Å². The Morgan fingerprint density at radius 3 is 2.65 bits per heavy atom. The lowest BCUT2D eigenvalue weighted by Crippen LogP contribution is -2.02. The van der Waals surface area contributed by atoms with E-state index >= 15 is 0 Å². The Morgan fingerprint density at radius 1 is 1.15 bits per heavy atom. The Morgan fingerprint density at radius 2 is 1.90 bits per heavy atom. The Kier molecular flexibility index (Phi) is 5.84.